The molecule has 17 heavy (non-hydrogen) atoms. The Labute approximate surface area is 99.6 Å². The fourth-order valence-electron chi connectivity index (χ4n) is 4.87. The van der Waals surface area contributed by atoms with E-state index in [2.05, 4.69) is 6.58 Å². The number of ketones is 1. The number of Topliss-reactive ketones (excluding diaryl/α,β-unsaturated/α-hetero) is 1. The molecule has 2 saturated heterocycles. The highest BCUT2D eigenvalue weighted by molar-refractivity contribution is 6.02. The molecule has 4 rings (SSSR count). The fourth-order valence-corrected chi connectivity index (χ4v) is 4.87. The molecular weight excluding hydrogens is 218 g/mol. The van der Waals surface area contributed by atoms with Crippen molar-refractivity contribution in [2.24, 2.45) is 23.2 Å². The quantitative estimate of drug-likeness (QED) is 0.609. The first-order chi connectivity index (χ1) is 8.13. The van der Waals surface area contributed by atoms with Gasteiger partial charge in [-0.1, -0.05) is 6.08 Å². The van der Waals surface area contributed by atoms with Gasteiger partial charge in [-0.25, -0.2) is 0 Å². The van der Waals surface area contributed by atoms with Crippen molar-refractivity contribution in [2.75, 3.05) is 13.7 Å². The predicted octanol–water partition coefficient (Wildman–Crippen LogP) is 0.233. The van der Waals surface area contributed by atoms with Crippen LogP contribution in [0.1, 0.15) is 6.42 Å². The van der Waals surface area contributed by atoms with Crippen molar-refractivity contribution < 1.29 is 14.3 Å². The first kappa shape index (κ1) is 9.83. The standard InChI is InChI=1S/C13H15NO3/c1-3-13-7-4-8-11(15)9(13)10(6(7)5-17-8)14(2)12(13)16/h3,6-10H,1,4-5H2,2H3/t6-,7+,8+,9+,10+,13-/m0/s1. The zero-order valence-corrected chi connectivity index (χ0v) is 9.76. The van der Waals surface area contributed by atoms with Gasteiger partial charge in [0.1, 0.15) is 6.10 Å². The summed E-state index contributed by atoms with van der Waals surface area (Å²) in [5, 5.41) is 0. The molecule has 2 aliphatic carbocycles. The molecule has 6 atom stereocenters. The van der Waals surface area contributed by atoms with Crippen molar-refractivity contribution in [3.8, 4) is 0 Å². The summed E-state index contributed by atoms with van der Waals surface area (Å²) in [7, 11) is 1.81. The van der Waals surface area contributed by atoms with Crippen LogP contribution in [0.3, 0.4) is 0 Å². The molecule has 2 aliphatic heterocycles. The number of hydrogen-bond acceptors (Lipinski definition) is 3. The third kappa shape index (κ3) is 0.757. The number of carbonyl (C=O) groups is 2. The zero-order chi connectivity index (χ0) is 11.9. The summed E-state index contributed by atoms with van der Waals surface area (Å²) in [6.45, 7) is 4.48. The molecule has 0 aromatic carbocycles. The third-order valence-corrected chi connectivity index (χ3v) is 5.48. The summed E-state index contributed by atoms with van der Waals surface area (Å²) in [6.07, 6.45) is 2.20. The van der Waals surface area contributed by atoms with Crippen molar-refractivity contribution in [3.05, 3.63) is 12.7 Å². The van der Waals surface area contributed by atoms with Crippen molar-refractivity contribution in [1.29, 1.82) is 0 Å². The fraction of sp³-hybridized carbons (Fsp3) is 0.692. The third-order valence-electron chi connectivity index (χ3n) is 5.48. The van der Waals surface area contributed by atoms with Crippen molar-refractivity contribution >= 4 is 11.7 Å². The van der Waals surface area contributed by atoms with Crippen molar-refractivity contribution in [1.82, 2.24) is 4.90 Å². The Hall–Kier alpha value is -1.16. The maximum Gasteiger partial charge on any atom is 0.233 e. The van der Waals surface area contributed by atoms with Crippen LogP contribution in [0.4, 0.5) is 0 Å². The highest BCUT2D eigenvalue weighted by Crippen LogP contribution is 2.65. The van der Waals surface area contributed by atoms with Gasteiger partial charge in [0.15, 0.2) is 5.78 Å². The molecule has 0 N–H and O–H groups in total. The lowest BCUT2D eigenvalue weighted by Gasteiger charge is -2.46. The van der Waals surface area contributed by atoms with Gasteiger partial charge in [0.2, 0.25) is 5.91 Å². The average Bonchev–Trinajstić information content (AvgIpc) is 2.66. The molecule has 0 unspecified atom stereocenters. The van der Waals surface area contributed by atoms with E-state index in [-0.39, 0.29) is 35.7 Å². The van der Waals surface area contributed by atoms with Crippen LogP contribution in [-0.4, -0.2) is 42.4 Å². The van der Waals surface area contributed by atoms with Gasteiger partial charge in [0, 0.05) is 19.0 Å². The molecule has 4 heteroatoms. The van der Waals surface area contributed by atoms with Gasteiger partial charge in [-0.15, -0.1) is 6.58 Å². The first-order valence-electron chi connectivity index (χ1n) is 6.19. The zero-order valence-electron chi connectivity index (χ0n) is 9.76. The molecule has 2 saturated carbocycles. The maximum atomic E-state index is 12.4. The highest BCUT2D eigenvalue weighted by atomic mass is 16.5. The lowest BCUT2D eigenvalue weighted by molar-refractivity contribution is -0.162. The van der Waals surface area contributed by atoms with E-state index in [1.807, 2.05) is 7.05 Å². The molecule has 4 fully saturated rings. The summed E-state index contributed by atoms with van der Waals surface area (Å²) < 4.78 is 5.62. The monoisotopic (exact) mass is 233 g/mol. The number of piperidine rings is 1. The lowest BCUT2D eigenvalue weighted by Crippen LogP contribution is -2.55. The van der Waals surface area contributed by atoms with E-state index in [1.165, 1.54) is 0 Å². The van der Waals surface area contributed by atoms with E-state index in [0.717, 1.165) is 0 Å². The van der Waals surface area contributed by atoms with E-state index in [1.54, 1.807) is 11.0 Å². The Morgan fingerprint density at radius 2 is 2.29 bits per heavy atom. The molecule has 0 radical (unpaired) electrons. The lowest BCUT2D eigenvalue weighted by atomic mass is 9.62. The number of nitrogens with zero attached hydrogens (tertiary/aromatic N) is 1. The first-order valence-corrected chi connectivity index (χ1v) is 6.19. The average molecular weight is 233 g/mol. The summed E-state index contributed by atoms with van der Waals surface area (Å²) in [5.74, 6) is 0.619. The van der Waals surface area contributed by atoms with E-state index in [9.17, 15) is 9.59 Å². The number of likely N-dealkylation sites (tertiary alicyclic amines) is 1. The van der Waals surface area contributed by atoms with Crippen LogP contribution in [0.25, 0.3) is 0 Å². The van der Waals surface area contributed by atoms with Crippen LogP contribution in [0.5, 0.6) is 0 Å². The summed E-state index contributed by atoms with van der Waals surface area (Å²) >= 11 is 0. The van der Waals surface area contributed by atoms with E-state index in [0.29, 0.717) is 18.9 Å². The number of fused-ring (bicyclic) bond motifs is 2. The van der Waals surface area contributed by atoms with Crippen molar-refractivity contribution in [2.45, 2.75) is 18.6 Å². The number of carbonyl (C=O) groups excluding carboxylic acids is 2. The summed E-state index contributed by atoms with van der Waals surface area (Å²) in [4.78, 5) is 26.6. The molecule has 0 spiro atoms. The Morgan fingerprint density at radius 1 is 1.53 bits per heavy atom. The maximum absolute atomic E-state index is 12.4. The number of ether oxygens (including phenoxy) is 1. The molecule has 0 aromatic rings. The Morgan fingerprint density at radius 3 is 3.00 bits per heavy atom. The van der Waals surface area contributed by atoms with Gasteiger partial charge in [0.25, 0.3) is 0 Å². The molecule has 90 valence electrons. The summed E-state index contributed by atoms with van der Waals surface area (Å²) in [6, 6.07) is 0.0468. The van der Waals surface area contributed by atoms with Gasteiger partial charge < -0.3 is 9.64 Å². The highest BCUT2D eigenvalue weighted by Gasteiger charge is 2.76. The largest absolute Gasteiger partial charge is 0.370 e. The second-order valence-corrected chi connectivity index (χ2v) is 5.75. The molecular formula is C13H15NO3. The molecule has 0 aromatic heterocycles. The van der Waals surface area contributed by atoms with Gasteiger partial charge in [-0.3, -0.25) is 9.59 Å². The molecule has 5 bridgehead atoms. The van der Waals surface area contributed by atoms with Crippen molar-refractivity contribution in [3.63, 3.8) is 0 Å². The van der Waals surface area contributed by atoms with Gasteiger partial charge in [0.05, 0.1) is 17.9 Å². The number of hydrogen-bond donors (Lipinski definition) is 0. The van der Waals surface area contributed by atoms with Crippen LogP contribution in [0.15, 0.2) is 12.7 Å². The molecule has 4 aliphatic rings. The number of amides is 1. The van der Waals surface area contributed by atoms with Gasteiger partial charge in [-0.2, -0.15) is 0 Å². The predicted molar refractivity (Wildman–Crippen MR) is 59.0 cm³/mol. The van der Waals surface area contributed by atoms with Crippen LogP contribution >= 0.6 is 0 Å². The van der Waals surface area contributed by atoms with Crippen LogP contribution in [0.2, 0.25) is 0 Å². The van der Waals surface area contributed by atoms with Gasteiger partial charge >= 0.3 is 0 Å². The Balaban J connectivity index is 1.98. The van der Waals surface area contributed by atoms with E-state index in [4.69, 9.17) is 4.74 Å². The van der Waals surface area contributed by atoms with Crippen LogP contribution in [0, 0.1) is 23.2 Å². The minimum atomic E-state index is -0.610. The second kappa shape index (κ2) is 2.64. The molecule has 2 heterocycles. The molecule has 4 nitrogen and oxygen atoms in total. The molecule has 1 amide bonds. The normalized spacial score (nSPS) is 54.6. The Kier molecular flexibility index (Phi) is 1.52. The minimum Gasteiger partial charge on any atom is -0.370 e. The second-order valence-electron chi connectivity index (χ2n) is 5.75. The number of rotatable bonds is 1. The smallest absolute Gasteiger partial charge is 0.233 e. The Bertz CT molecular complexity index is 460. The van der Waals surface area contributed by atoms with Crippen LogP contribution < -0.4 is 0 Å². The van der Waals surface area contributed by atoms with Gasteiger partial charge in [-0.05, 0) is 12.3 Å². The minimum absolute atomic E-state index is 0.0468. The SMILES string of the molecule is C=C[C@]12C(=O)N(C)[C@@H]3[C@H]4CO[C@H](C[C@H]41)C(=O)[C@@H]32. The van der Waals surface area contributed by atoms with E-state index >= 15 is 0 Å². The van der Waals surface area contributed by atoms with Crippen LogP contribution in [-0.2, 0) is 14.3 Å². The topological polar surface area (TPSA) is 46.6 Å². The summed E-state index contributed by atoms with van der Waals surface area (Å²) in [5.41, 5.74) is -0.610. The van der Waals surface area contributed by atoms with E-state index < -0.39 is 5.41 Å².